The Balaban J connectivity index is 3.47. The number of Topliss-reactive ketones (excluding diaryl/α,β-unsaturated/α-hetero) is 1. The van der Waals surface area contributed by atoms with Crippen LogP contribution < -0.4 is 0 Å². The lowest BCUT2D eigenvalue weighted by Gasteiger charge is -2.17. The summed E-state index contributed by atoms with van der Waals surface area (Å²) in [4.78, 5) is 22.2. The van der Waals surface area contributed by atoms with Crippen molar-refractivity contribution in [2.24, 2.45) is 13.0 Å². The first-order valence-corrected chi connectivity index (χ1v) is 5.45. The minimum absolute atomic E-state index is 0.000926. The Kier molecular flexibility index (Phi) is 3.65. The van der Waals surface area contributed by atoms with Crippen LogP contribution in [0.3, 0.4) is 0 Å². The molecule has 1 rings (SSSR count). The van der Waals surface area contributed by atoms with Gasteiger partial charge in [0.1, 0.15) is 17.2 Å². The molecule has 0 bridgehead atoms. The molecular formula is C11H17N3O3. The maximum atomic E-state index is 11.7. The van der Waals surface area contributed by atoms with Gasteiger partial charge in [0, 0.05) is 7.05 Å². The fourth-order valence-electron chi connectivity index (χ4n) is 2.22. The summed E-state index contributed by atoms with van der Waals surface area (Å²) in [5.41, 5.74) is 0.704. The van der Waals surface area contributed by atoms with Gasteiger partial charge in [0.05, 0.1) is 10.8 Å². The maximum absolute atomic E-state index is 11.7. The fraction of sp³-hybridized carbons (Fsp3) is 0.636. The number of nitro groups is 1. The summed E-state index contributed by atoms with van der Waals surface area (Å²) in [5.74, 6) is -0.561. The van der Waals surface area contributed by atoms with Gasteiger partial charge in [-0.2, -0.15) is 5.10 Å². The molecule has 1 unspecified atom stereocenters. The van der Waals surface area contributed by atoms with E-state index < -0.39 is 10.8 Å². The van der Waals surface area contributed by atoms with E-state index in [0.29, 0.717) is 11.4 Å². The SMILES string of the molecule is CC(=O)C(c1c([N+](=O)[O-])c(C)nn1C)C(C)C. The Morgan fingerprint density at radius 1 is 1.47 bits per heavy atom. The lowest BCUT2D eigenvalue weighted by Crippen LogP contribution is -2.19. The summed E-state index contributed by atoms with van der Waals surface area (Å²) in [6.45, 7) is 6.78. The van der Waals surface area contributed by atoms with Crippen LogP contribution in [0.25, 0.3) is 0 Å². The van der Waals surface area contributed by atoms with Gasteiger partial charge in [-0.3, -0.25) is 19.6 Å². The molecular weight excluding hydrogens is 222 g/mol. The molecule has 17 heavy (non-hydrogen) atoms. The minimum atomic E-state index is -0.485. The van der Waals surface area contributed by atoms with Crippen LogP contribution >= 0.6 is 0 Å². The molecule has 0 aliphatic heterocycles. The molecule has 0 aliphatic rings. The van der Waals surface area contributed by atoms with Gasteiger partial charge in [-0.25, -0.2) is 0 Å². The first-order valence-electron chi connectivity index (χ1n) is 5.45. The predicted octanol–water partition coefficient (Wildman–Crippen LogP) is 1.97. The van der Waals surface area contributed by atoms with Crippen LogP contribution in [-0.4, -0.2) is 20.5 Å². The molecule has 1 heterocycles. The van der Waals surface area contributed by atoms with Crippen LogP contribution in [0, 0.1) is 23.0 Å². The maximum Gasteiger partial charge on any atom is 0.313 e. The van der Waals surface area contributed by atoms with Gasteiger partial charge < -0.3 is 0 Å². The zero-order chi connectivity index (χ0) is 13.3. The molecule has 0 amide bonds. The van der Waals surface area contributed by atoms with Crippen molar-refractivity contribution in [3.05, 3.63) is 21.5 Å². The zero-order valence-corrected chi connectivity index (χ0v) is 10.7. The summed E-state index contributed by atoms with van der Waals surface area (Å²) in [6, 6.07) is 0. The third-order valence-electron chi connectivity index (χ3n) is 2.82. The van der Waals surface area contributed by atoms with Crippen molar-refractivity contribution in [1.82, 2.24) is 9.78 Å². The number of nitrogens with zero attached hydrogens (tertiary/aromatic N) is 3. The average Bonchev–Trinajstić information content (AvgIpc) is 2.40. The van der Waals surface area contributed by atoms with Gasteiger partial charge in [-0.05, 0) is 19.8 Å². The Labute approximate surface area is 99.8 Å². The molecule has 0 radical (unpaired) electrons. The van der Waals surface area contributed by atoms with Crippen molar-refractivity contribution in [3.63, 3.8) is 0 Å². The fourth-order valence-corrected chi connectivity index (χ4v) is 2.22. The molecule has 1 atom stereocenters. The third-order valence-corrected chi connectivity index (χ3v) is 2.82. The largest absolute Gasteiger partial charge is 0.313 e. The van der Waals surface area contributed by atoms with Crippen molar-refractivity contribution >= 4 is 11.5 Å². The summed E-state index contributed by atoms with van der Waals surface area (Å²) in [6.07, 6.45) is 0. The zero-order valence-electron chi connectivity index (χ0n) is 10.7. The number of rotatable bonds is 4. The number of ketones is 1. The molecule has 0 saturated heterocycles. The summed E-state index contributed by atoms with van der Waals surface area (Å²) < 4.78 is 1.44. The van der Waals surface area contributed by atoms with E-state index in [-0.39, 0.29) is 17.4 Å². The van der Waals surface area contributed by atoms with Crippen LogP contribution in [-0.2, 0) is 11.8 Å². The van der Waals surface area contributed by atoms with Crippen LogP contribution in [0.4, 0.5) is 5.69 Å². The second-order valence-corrected chi connectivity index (χ2v) is 4.53. The number of aromatic nitrogens is 2. The van der Waals surface area contributed by atoms with Gasteiger partial charge in [0.15, 0.2) is 0 Å². The molecule has 0 N–H and O–H groups in total. The molecule has 1 aromatic rings. The van der Waals surface area contributed by atoms with Crippen LogP contribution in [0.2, 0.25) is 0 Å². The van der Waals surface area contributed by atoms with Crippen molar-refractivity contribution in [3.8, 4) is 0 Å². The number of carbonyl (C=O) groups excluding carboxylic acids is 1. The van der Waals surface area contributed by atoms with Crippen molar-refractivity contribution in [1.29, 1.82) is 0 Å². The second-order valence-electron chi connectivity index (χ2n) is 4.53. The minimum Gasteiger partial charge on any atom is -0.299 e. The van der Waals surface area contributed by atoms with E-state index in [1.165, 1.54) is 11.6 Å². The van der Waals surface area contributed by atoms with Crippen LogP contribution in [0.5, 0.6) is 0 Å². The molecule has 6 heteroatoms. The highest BCUT2D eigenvalue weighted by Crippen LogP contribution is 2.34. The molecule has 0 spiro atoms. The van der Waals surface area contributed by atoms with Gasteiger partial charge in [0.2, 0.25) is 0 Å². The predicted molar refractivity (Wildman–Crippen MR) is 62.9 cm³/mol. The van der Waals surface area contributed by atoms with E-state index in [0.717, 1.165) is 0 Å². The summed E-state index contributed by atoms with van der Waals surface area (Å²) in [5, 5.41) is 15.1. The number of aryl methyl sites for hydroxylation is 2. The quantitative estimate of drug-likeness (QED) is 0.594. The molecule has 0 aromatic carbocycles. The van der Waals surface area contributed by atoms with Gasteiger partial charge in [0.25, 0.3) is 0 Å². The highest BCUT2D eigenvalue weighted by Gasteiger charge is 2.34. The van der Waals surface area contributed by atoms with E-state index in [9.17, 15) is 14.9 Å². The summed E-state index contributed by atoms with van der Waals surface area (Å²) in [7, 11) is 1.63. The van der Waals surface area contributed by atoms with E-state index in [2.05, 4.69) is 5.10 Å². The number of carbonyl (C=O) groups is 1. The Bertz CT molecular complexity index is 463. The first-order chi connectivity index (χ1) is 7.77. The number of hydrogen-bond donors (Lipinski definition) is 0. The second kappa shape index (κ2) is 4.65. The highest BCUT2D eigenvalue weighted by molar-refractivity contribution is 5.84. The molecule has 0 fully saturated rings. The van der Waals surface area contributed by atoms with Crippen molar-refractivity contribution < 1.29 is 9.72 Å². The lowest BCUT2D eigenvalue weighted by molar-refractivity contribution is -0.386. The van der Waals surface area contributed by atoms with E-state index in [4.69, 9.17) is 0 Å². The monoisotopic (exact) mass is 239 g/mol. The smallest absolute Gasteiger partial charge is 0.299 e. The van der Waals surface area contributed by atoms with Gasteiger partial charge >= 0.3 is 5.69 Å². The molecule has 0 aliphatic carbocycles. The summed E-state index contributed by atoms with van der Waals surface area (Å²) >= 11 is 0. The van der Waals surface area contributed by atoms with Crippen molar-refractivity contribution in [2.45, 2.75) is 33.6 Å². The van der Waals surface area contributed by atoms with E-state index >= 15 is 0 Å². The number of hydrogen-bond acceptors (Lipinski definition) is 4. The van der Waals surface area contributed by atoms with E-state index in [1.54, 1.807) is 14.0 Å². The van der Waals surface area contributed by atoms with Crippen LogP contribution in [0.1, 0.15) is 38.1 Å². The Morgan fingerprint density at radius 2 is 2.00 bits per heavy atom. The Morgan fingerprint density at radius 3 is 2.35 bits per heavy atom. The topological polar surface area (TPSA) is 78.0 Å². The van der Waals surface area contributed by atoms with Gasteiger partial charge in [-0.15, -0.1) is 0 Å². The van der Waals surface area contributed by atoms with E-state index in [1.807, 2.05) is 13.8 Å². The first kappa shape index (κ1) is 13.3. The standard InChI is InChI=1S/C11H17N3O3/c1-6(2)9(8(4)15)11-10(14(16)17)7(3)12-13(11)5/h6,9H,1-5H3. The normalized spacial score (nSPS) is 12.8. The molecule has 94 valence electrons. The van der Waals surface area contributed by atoms with Gasteiger partial charge in [-0.1, -0.05) is 13.8 Å². The van der Waals surface area contributed by atoms with Crippen molar-refractivity contribution in [2.75, 3.05) is 0 Å². The molecule has 1 aromatic heterocycles. The highest BCUT2D eigenvalue weighted by atomic mass is 16.6. The third kappa shape index (κ3) is 2.35. The molecule has 6 nitrogen and oxygen atoms in total. The Hall–Kier alpha value is -1.72. The molecule has 0 saturated carbocycles. The average molecular weight is 239 g/mol. The lowest BCUT2D eigenvalue weighted by atomic mass is 9.88. The van der Waals surface area contributed by atoms with Crippen LogP contribution in [0.15, 0.2) is 0 Å².